The molecule has 1 aliphatic rings. The number of alkyl halides is 4. The monoisotopic (exact) mass is 321 g/mol. The van der Waals surface area contributed by atoms with Crippen molar-refractivity contribution in [2.45, 2.75) is 12.3 Å². The molecule has 0 aromatic carbocycles. The Hall–Kier alpha value is -1.09. The second-order valence-electron chi connectivity index (χ2n) is 4.22. The van der Waals surface area contributed by atoms with E-state index >= 15 is 0 Å². The molecule has 5 nitrogen and oxygen atoms in total. The lowest BCUT2D eigenvalue weighted by Crippen LogP contribution is -2.52. The average Bonchev–Trinajstić information content (AvgIpc) is 2.38. The molecule has 0 bridgehead atoms. The second-order valence-corrected chi connectivity index (χ2v) is 4.22. The standard InChI is InChI=1S/C10H15F4N3O2.ClH/c1-16(9(19)10(13,14)8(11)12)6-7(18)17-4-2-15-3-5-17;/h8,15H,2-6H2,1H3;1H. The average molecular weight is 322 g/mol. The first-order chi connectivity index (χ1) is 8.76. The Balaban J connectivity index is 0.00000361. The number of nitrogens with one attached hydrogen (secondary N) is 1. The summed E-state index contributed by atoms with van der Waals surface area (Å²) >= 11 is 0. The molecule has 20 heavy (non-hydrogen) atoms. The summed E-state index contributed by atoms with van der Waals surface area (Å²) < 4.78 is 49.6. The zero-order valence-corrected chi connectivity index (χ0v) is 11.6. The van der Waals surface area contributed by atoms with Crippen LogP contribution in [0.25, 0.3) is 0 Å². The van der Waals surface area contributed by atoms with E-state index in [1.807, 2.05) is 0 Å². The summed E-state index contributed by atoms with van der Waals surface area (Å²) in [5.74, 6) is -7.35. The van der Waals surface area contributed by atoms with Crippen LogP contribution in [0, 0.1) is 0 Å². The van der Waals surface area contributed by atoms with Crippen molar-refractivity contribution in [1.82, 2.24) is 15.1 Å². The third-order valence-electron chi connectivity index (χ3n) is 2.75. The highest BCUT2D eigenvalue weighted by atomic mass is 35.5. The third-order valence-corrected chi connectivity index (χ3v) is 2.75. The van der Waals surface area contributed by atoms with Gasteiger partial charge in [-0.15, -0.1) is 12.4 Å². The van der Waals surface area contributed by atoms with Crippen molar-refractivity contribution in [3.8, 4) is 0 Å². The smallest absolute Gasteiger partial charge is 0.339 e. The summed E-state index contributed by atoms with van der Waals surface area (Å²) in [7, 11) is 0.902. The Morgan fingerprint density at radius 1 is 1.30 bits per heavy atom. The van der Waals surface area contributed by atoms with Crippen LogP contribution in [0.5, 0.6) is 0 Å². The van der Waals surface area contributed by atoms with E-state index in [1.165, 1.54) is 4.90 Å². The molecule has 2 amide bonds. The van der Waals surface area contributed by atoms with Crippen molar-refractivity contribution >= 4 is 24.2 Å². The predicted octanol–water partition coefficient (Wildman–Crippen LogP) is 0.199. The summed E-state index contributed by atoms with van der Waals surface area (Å²) in [6.45, 7) is 1.28. The van der Waals surface area contributed by atoms with Gasteiger partial charge in [0, 0.05) is 33.2 Å². The van der Waals surface area contributed by atoms with Gasteiger partial charge in [-0.2, -0.15) is 8.78 Å². The minimum absolute atomic E-state index is 0. The Kier molecular flexibility index (Phi) is 7.21. The fourth-order valence-corrected chi connectivity index (χ4v) is 1.64. The van der Waals surface area contributed by atoms with Gasteiger partial charge in [-0.25, -0.2) is 8.78 Å². The van der Waals surface area contributed by atoms with E-state index in [9.17, 15) is 27.2 Å². The minimum atomic E-state index is -4.77. The van der Waals surface area contributed by atoms with Crippen LogP contribution in [-0.2, 0) is 9.59 Å². The number of carbonyl (C=O) groups excluding carboxylic acids is 2. The van der Waals surface area contributed by atoms with Crippen LogP contribution >= 0.6 is 12.4 Å². The molecular weight excluding hydrogens is 306 g/mol. The molecule has 0 saturated carbocycles. The van der Waals surface area contributed by atoms with Gasteiger partial charge in [0.25, 0.3) is 5.91 Å². The largest absolute Gasteiger partial charge is 0.383 e. The molecule has 0 unspecified atom stereocenters. The van der Waals surface area contributed by atoms with Crippen LogP contribution in [0.3, 0.4) is 0 Å². The molecule has 0 aromatic rings. The molecule has 0 aliphatic carbocycles. The number of amides is 2. The number of piperazine rings is 1. The maximum atomic E-state index is 12.8. The van der Waals surface area contributed by atoms with E-state index in [0.29, 0.717) is 31.1 Å². The van der Waals surface area contributed by atoms with Crippen molar-refractivity contribution < 1.29 is 27.2 Å². The fraction of sp³-hybridized carbons (Fsp3) is 0.800. The van der Waals surface area contributed by atoms with Gasteiger partial charge in [0.2, 0.25) is 5.91 Å². The molecule has 1 heterocycles. The maximum absolute atomic E-state index is 12.8. The number of halogens is 5. The van der Waals surface area contributed by atoms with Gasteiger partial charge in [0.15, 0.2) is 0 Å². The van der Waals surface area contributed by atoms with Gasteiger partial charge in [-0.3, -0.25) is 9.59 Å². The van der Waals surface area contributed by atoms with Gasteiger partial charge < -0.3 is 15.1 Å². The van der Waals surface area contributed by atoms with E-state index in [2.05, 4.69) is 5.32 Å². The maximum Gasteiger partial charge on any atom is 0.383 e. The van der Waals surface area contributed by atoms with Gasteiger partial charge in [-0.05, 0) is 0 Å². The fourth-order valence-electron chi connectivity index (χ4n) is 1.64. The molecule has 0 spiro atoms. The number of likely N-dealkylation sites (N-methyl/N-ethyl adjacent to an activating group) is 1. The quantitative estimate of drug-likeness (QED) is 0.753. The lowest BCUT2D eigenvalue weighted by atomic mass is 10.3. The van der Waals surface area contributed by atoms with Gasteiger partial charge in [-0.1, -0.05) is 0 Å². The summed E-state index contributed by atoms with van der Waals surface area (Å²) in [5.41, 5.74) is 0. The van der Waals surface area contributed by atoms with Crippen LogP contribution in [0.4, 0.5) is 17.6 Å². The molecule has 0 aromatic heterocycles. The lowest BCUT2D eigenvalue weighted by molar-refractivity contribution is -0.180. The topological polar surface area (TPSA) is 52.7 Å². The number of rotatable bonds is 4. The molecule has 1 aliphatic heterocycles. The van der Waals surface area contributed by atoms with Crippen LogP contribution in [-0.4, -0.2) is 73.7 Å². The zero-order chi connectivity index (χ0) is 14.6. The molecule has 118 valence electrons. The number of hydrogen-bond acceptors (Lipinski definition) is 3. The molecule has 0 atom stereocenters. The normalized spacial score (nSPS) is 15.8. The van der Waals surface area contributed by atoms with Gasteiger partial charge in [0.05, 0.1) is 6.54 Å². The van der Waals surface area contributed by atoms with Crippen LogP contribution in [0.2, 0.25) is 0 Å². The summed E-state index contributed by atoms with van der Waals surface area (Å²) in [5, 5.41) is 2.99. The van der Waals surface area contributed by atoms with Crippen LogP contribution < -0.4 is 5.32 Å². The Labute approximate surface area is 119 Å². The van der Waals surface area contributed by atoms with Gasteiger partial charge in [0.1, 0.15) is 0 Å². The summed E-state index contributed by atoms with van der Waals surface area (Å²) in [6.07, 6.45) is -4.09. The Morgan fingerprint density at radius 3 is 2.25 bits per heavy atom. The molecule has 1 fully saturated rings. The Morgan fingerprint density at radius 2 is 1.80 bits per heavy atom. The predicted molar refractivity (Wildman–Crippen MR) is 65.3 cm³/mol. The number of hydrogen-bond donors (Lipinski definition) is 1. The van der Waals surface area contributed by atoms with Gasteiger partial charge >= 0.3 is 12.3 Å². The van der Waals surface area contributed by atoms with Crippen molar-refractivity contribution in [1.29, 1.82) is 0 Å². The highest BCUT2D eigenvalue weighted by molar-refractivity contribution is 5.88. The first-order valence-electron chi connectivity index (χ1n) is 5.67. The molecular formula is C10H16ClF4N3O2. The molecule has 1 saturated heterocycles. The highest BCUT2D eigenvalue weighted by Crippen LogP contribution is 2.24. The first kappa shape index (κ1) is 18.9. The number of carbonyl (C=O) groups is 2. The van der Waals surface area contributed by atoms with E-state index in [4.69, 9.17) is 0 Å². The summed E-state index contributed by atoms with van der Waals surface area (Å²) in [4.78, 5) is 24.5. The zero-order valence-electron chi connectivity index (χ0n) is 10.7. The molecule has 1 N–H and O–H groups in total. The minimum Gasteiger partial charge on any atom is -0.339 e. The third kappa shape index (κ3) is 4.48. The second kappa shape index (κ2) is 7.63. The molecule has 10 heteroatoms. The Bertz CT molecular complexity index is 351. The lowest BCUT2D eigenvalue weighted by Gasteiger charge is -2.30. The van der Waals surface area contributed by atoms with Crippen molar-refractivity contribution in [3.05, 3.63) is 0 Å². The molecule has 1 rings (SSSR count). The van der Waals surface area contributed by atoms with Crippen LogP contribution in [0.15, 0.2) is 0 Å². The van der Waals surface area contributed by atoms with E-state index in [0.717, 1.165) is 7.05 Å². The first-order valence-corrected chi connectivity index (χ1v) is 5.67. The van der Waals surface area contributed by atoms with E-state index in [-0.39, 0.29) is 12.4 Å². The SMILES string of the molecule is CN(CC(=O)N1CCNCC1)C(=O)C(F)(F)C(F)F.Cl. The van der Waals surface area contributed by atoms with E-state index in [1.54, 1.807) is 0 Å². The van der Waals surface area contributed by atoms with Crippen LogP contribution in [0.1, 0.15) is 0 Å². The van der Waals surface area contributed by atoms with Crippen molar-refractivity contribution in [2.24, 2.45) is 0 Å². The van der Waals surface area contributed by atoms with Crippen molar-refractivity contribution in [2.75, 3.05) is 39.8 Å². The summed E-state index contributed by atoms with van der Waals surface area (Å²) in [6, 6.07) is 0. The molecule has 0 radical (unpaired) electrons. The van der Waals surface area contributed by atoms with E-state index < -0.39 is 30.7 Å². The van der Waals surface area contributed by atoms with Crippen molar-refractivity contribution in [3.63, 3.8) is 0 Å². The highest BCUT2D eigenvalue weighted by Gasteiger charge is 2.50. The number of nitrogens with zero attached hydrogens (tertiary/aromatic N) is 2.